The van der Waals surface area contributed by atoms with Gasteiger partial charge in [-0.1, -0.05) is 12.1 Å². The van der Waals surface area contributed by atoms with Crippen molar-refractivity contribution in [1.82, 2.24) is 25.4 Å². The third kappa shape index (κ3) is 7.83. The highest BCUT2D eigenvalue weighted by molar-refractivity contribution is 5.68. The summed E-state index contributed by atoms with van der Waals surface area (Å²) < 4.78 is 46.0. The molecule has 1 amide bonds. The SMILES string of the molecule is CCC(C)(O)c1noc(N2CCC([C@H](C)Oc3cnc(N4CC(NC(=O)OC(C)(C)C)[C@@H](c5cc(F)ccc5F)C4)nc3)CC2)n1. The van der Waals surface area contributed by atoms with Crippen LogP contribution in [-0.4, -0.2) is 75.2 Å². The maximum Gasteiger partial charge on any atom is 0.407 e. The fraction of sp³-hybridized carbons (Fsp3) is 0.594. The molecule has 2 fully saturated rings. The summed E-state index contributed by atoms with van der Waals surface area (Å²) in [5, 5.41) is 17.2. The molecule has 5 rings (SSSR count). The van der Waals surface area contributed by atoms with E-state index >= 15 is 0 Å². The Balaban J connectivity index is 1.19. The monoisotopic (exact) mass is 643 g/mol. The number of carbonyl (C=O) groups excluding carboxylic acids is 1. The number of nitrogens with zero attached hydrogens (tertiary/aromatic N) is 6. The van der Waals surface area contributed by atoms with Crippen molar-refractivity contribution >= 4 is 18.1 Å². The summed E-state index contributed by atoms with van der Waals surface area (Å²) in [6.07, 6.45) is 4.62. The highest BCUT2D eigenvalue weighted by atomic mass is 19.1. The van der Waals surface area contributed by atoms with E-state index in [0.29, 0.717) is 37.2 Å². The lowest BCUT2D eigenvalue weighted by atomic mass is 9.92. The van der Waals surface area contributed by atoms with Crippen LogP contribution in [0.3, 0.4) is 0 Å². The molecule has 4 heterocycles. The number of carbonyl (C=O) groups is 1. The molecule has 0 aliphatic carbocycles. The van der Waals surface area contributed by atoms with E-state index in [1.807, 2.05) is 23.6 Å². The third-order valence-electron chi connectivity index (χ3n) is 8.66. The number of amides is 1. The second kappa shape index (κ2) is 13.3. The van der Waals surface area contributed by atoms with E-state index < -0.39 is 40.9 Å². The zero-order valence-electron chi connectivity index (χ0n) is 27.2. The summed E-state index contributed by atoms with van der Waals surface area (Å²) in [5.41, 5.74) is -1.69. The van der Waals surface area contributed by atoms with E-state index in [9.17, 15) is 18.7 Å². The molecule has 3 aromatic rings. The highest BCUT2D eigenvalue weighted by Gasteiger charge is 2.39. The minimum atomic E-state index is -1.13. The number of rotatable bonds is 9. The molecule has 2 saturated heterocycles. The molecular formula is C32H43F2N7O5. The average molecular weight is 644 g/mol. The summed E-state index contributed by atoms with van der Waals surface area (Å²) in [6, 6.07) is 3.15. The number of hydrogen-bond acceptors (Lipinski definition) is 11. The van der Waals surface area contributed by atoms with Crippen LogP contribution in [0.15, 0.2) is 35.1 Å². The molecule has 12 nitrogen and oxygen atoms in total. The van der Waals surface area contributed by atoms with Crippen molar-refractivity contribution in [2.75, 3.05) is 36.0 Å². The second-order valence-electron chi connectivity index (χ2n) is 13.3. The van der Waals surface area contributed by atoms with E-state index in [-0.39, 0.29) is 36.5 Å². The van der Waals surface area contributed by atoms with Crippen molar-refractivity contribution in [1.29, 1.82) is 0 Å². The lowest BCUT2D eigenvalue weighted by Gasteiger charge is -2.33. The summed E-state index contributed by atoms with van der Waals surface area (Å²) >= 11 is 0. The van der Waals surface area contributed by atoms with Gasteiger partial charge in [0.05, 0.1) is 24.5 Å². The van der Waals surface area contributed by atoms with Crippen LogP contribution >= 0.6 is 0 Å². The Bertz CT molecular complexity index is 1490. The van der Waals surface area contributed by atoms with E-state index in [1.54, 1.807) is 40.1 Å². The number of nitrogens with one attached hydrogen (secondary N) is 1. The van der Waals surface area contributed by atoms with Gasteiger partial charge in [-0.05, 0) is 83.6 Å². The van der Waals surface area contributed by atoms with Crippen molar-refractivity contribution in [2.24, 2.45) is 5.92 Å². The van der Waals surface area contributed by atoms with Crippen LogP contribution in [0.5, 0.6) is 5.75 Å². The van der Waals surface area contributed by atoms with Crippen LogP contribution in [0.2, 0.25) is 0 Å². The largest absolute Gasteiger partial charge is 0.487 e. The first-order valence-corrected chi connectivity index (χ1v) is 15.7. The van der Waals surface area contributed by atoms with Gasteiger partial charge in [0.15, 0.2) is 5.75 Å². The number of hydrogen-bond donors (Lipinski definition) is 2. The van der Waals surface area contributed by atoms with Gasteiger partial charge < -0.3 is 34.2 Å². The molecule has 46 heavy (non-hydrogen) atoms. The molecule has 2 unspecified atom stereocenters. The molecule has 2 aliphatic rings. The van der Waals surface area contributed by atoms with Crippen molar-refractivity contribution < 1.29 is 32.7 Å². The lowest BCUT2D eigenvalue weighted by molar-refractivity contribution is 0.0412. The zero-order valence-corrected chi connectivity index (χ0v) is 27.2. The summed E-state index contributed by atoms with van der Waals surface area (Å²) in [6.45, 7) is 12.8. The zero-order chi connectivity index (χ0) is 33.2. The van der Waals surface area contributed by atoms with Crippen LogP contribution in [0.4, 0.5) is 25.5 Å². The molecule has 2 N–H and O–H groups in total. The normalized spacial score (nSPS) is 21.2. The second-order valence-corrected chi connectivity index (χ2v) is 13.3. The van der Waals surface area contributed by atoms with E-state index in [0.717, 1.165) is 31.0 Å². The first-order valence-electron chi connectivity index (χ1n) is 15.7. The van der Waals surface area contributed by atoms with Gasteiger partial charge in [-0.3, -0.25) is 0 Å². The summed E-state index contributed by atoms with van der Waals surface area (Å²) in [5.74, 6) is -0.229. The van der Waals surface area contributed by atoms with Gasteiger partial charge in [-0.2, -0.15) is 4.98 Å². The fourth-order valence-electron chi connectivity index (χ4n) is 5.81. The molecular weight excluding hydrogens is 600 g/mol. The highest BCUT2D eigenvalue weighted by Crippen LogP contribution is 2.33. The Labute approximate surface area is 267 Å². The van der Waals surface area contributed by atoms with Gasteiger partial charge in [-0.15, -0.1) is 0 Å². The van der Waals surface area contributed by atoms with E-state index in [2.05, 4.69) is 25.4 Å². The van der Waals surface area contributed by atoms with E-state index in [1.165, 1.54) is 0 Å². The fourth-order valence-corrected chi connectivity index (χ4v) is 5.81. The van der Waals surface area contributed by atoms with Crippen molar-refractivity contribution in [3.8, 4) is 5.75 Å². The van der Waals surface area contributed by atoms with Crippen LogP contribution in [0.25, 0.3) is 0 Å². The van der Waals surface area contributed by atoms with Gasteiger partial charge in [0.2, 0.25) is 11.8 Å². The van der Waals surface area contributed by atoms with Crippen molar-refractivity contribution in [3.05, 3.63) is 53.6 Å². The van der Waals surface area contributed by atoms with Crippen LogP contribution in [0, 0.1) is 17.6 Å². The number of anilines is 2. The minimum absolute atomic E-state index is 0.106. The Kier molecular flexibility index (Phi) is 9.66. The predicted octanol–water partition coefficient (Wildman–Crippen LogP) is 4.94. The predicted molar refractivity (Wildman–Crippen MR) is 166 cm³/mol. The molecule has 0 bridgehead atoms. The third-order valence-corrected chi connectivity index (χ3v) is 8.66. The number of piperidine rings is 1. The number of benzene rings is 1. The molecule has 250 valence electrons. The topological polar surface area (TPSA) is 139 Å². The van der Waals surface area contributed by atoms with Crippen molar-refractivity contribution in [3.63, 3.8) is 0 Å². The number of alkyl carbamates (subject to hydrolysis) is 1. The molecule has 4 atom stereocenters. The van der Waals surface area contributed by atoms with Gasteiger partial charge >= 0.3 is 12.1 Å². The Morgan fingerprint density at radius 2 is 1.83 bits per heavy atom. The molecule has 2 aromatic heterocycles. The number of aromatic nitrogens is 4. The molecule has 0 radical (unpaired) electrons. The Morgan fingerprint density at radius 1 is 1.13 bits per heavy atom. The first-order chi connectivity index (χ1) is 21.7. The standard InChI is InChI=1S/C32H43F2N7O5/c1-7-32(6,43)27-38-29(46-39-27)40-12-10-20(11-13-40)19(2)44-22-15-35-28(36-16-22)41-17-24(23-14-21(33)8-9-25(23)34)26(18-41)37-30(42)45-31(3,4)5/h8-9,14-16,19-20,24,26,43H,7,10-13,17-18H2,1-6H3,(H,37,42)/t19-,24+,26?,32?/m0/s1. The Hall–Kier alpha value is -4.07. The smallest absolute Gasteiger partial charge is 0.407 e. The van der Waals surface area contributed by atoms with Gasteiger partial charge in [0.1, 0.15) is 22.8 Å². The quantitative estimate of drug-likeness (QED) is 0.328. The van der Waals surface area contributed by atoms with E-state index in [4.69, 9.17) is 14.0 Å². The van der Waals surface area contributed by atoms with Gasteiger partial charge in [0, 0.05) is 32.1 Å². The van der Waals surface area contributed by atoms with Crippen LogP contribution in [0.1, 0.15) is 78.1 Å². The average Bonchev–Trinajstić information content (AvgIpc) is 3.67. The first kappa shape index (κ1) is 33.3. The maximum absolute atomic E-state index is 14.8. The number of halogens is 2. The lowest BCUT2D eigenvalue weighted by Crippen LogP contribution is -2.43. The summed E-state index contributed by atoms with van der Waals surface area (Å²) in [7, 11) is 0. The van der Waals surface area contributed by atoms with Gasteiger partial charge in [0.25, 0.3) is 0 Å². The van der Waals surface area contributed by atoms with Gasteiger partial charge in [-0.25, -0.2) is 23.5 Å². The molecule has 14 heteroatoms. The van der Waals surface area contributed by atoms with Crippen molar-refractivity contribution in [2.45, 2.75) is 90.1 Å². The molecule has 0 spiro atoms. The molecule has 2 aliphatic heterocycles. The summed E-state index contributed by atoms with van der Waals surface area (Å²) in [4.78, 5) is 29.9. The maximum atomic E-state index is 14.8. The minimum Gasteiger partial charge on any atom is -0.487 e. The van der Waals surface area contributed by atoms with Crippen LogP contribution in [-0.2, 0) is 10.3 Å². The van der Waals surface area contributed by atoms with Crippen LogP contribution < -0.4 is 19.9 Å². The number of aliphatic hydroxyl groups is 1. The molecule has 1 aromatic carbocycles. The Morgan fingerprint density at radius 3 is 2.48 bits per heavy atom. The molecule has 0 saturated carbocycles. The number of ether oxygens (including phenoxy) is 2.